The van der Waals surface area contributed by atoms with Gasteiger partial charge in [-0.3, -0.25) is 4.79 Å². The maximum atomic E-state index is 12.8. The molecule has 0 saturated carbocycles. The van der Waals surface area contributed by atoms with Crippen LogP contribution in [0.1, 0.15) is 41.0 Å². The van der Waals surface area contributed by atoms with Crippen molar-refractivity contribution < 1.29 is 9.53 Å². The van der Waals surface area contributed by atoms with Crippen molar-refractivity contribution in [3.63, 3.8) is 0 Å². The van der Waals surface area contributed by atoms with E-state index in [2.05, 4.69) is 16.0 Å². The first-order valence-corrected chi connectivity index (χ1v) is 12.4. The minimum atomic E-state index is -0.399. The summed E-state index contributed by atoms with van der Waals surface area (Å²) in [7, 11) is 0. The molecular weight excluding hydrogens is 482 g/mol. The van der Waals surface area contributed by atoms with Crippen LogP contribution in [0, 0.1) is 25.2 Å². The first-order chi connectivity index (χ1) is 17.9. The number of nitrogens with zero attached hydrogens (tertiary/aromatic N) is 2. The van der Waals surface area contributed by atoms with Gasteiger partial charge in [0, 0.05) is 27.7 Å². The van der Waals surface area contributed by atoms with Crippen LogP contribution < -0.4 is 10.1 Å². The summed E-state index contributed by atoms with van der Waals surface area (Å²) in [6.07, 6.45) is 1.65. The predicted molar refractivity (Wildman–Crippen MR) is 148 cm³/mol. The van der Waals surface area contributed by atoms with Crippen molar-refractivity contribution in [3.8, 4) is 17.5 Å². The van der Waals surface area contributed by atoms with Gasteiger partial charge >= 0.3 is 0 Å². The van der Waals surface area contributed by atoms with Crippen molar-refractivity contribution in [2.75, 3.05) is 0 Å². The number of hydrogen-bond acceptors (Lipinski definition) is 3. The molecular formula is C31H28ClN3O2. The summed E-state index contributed by atoms with van der Waals surface area (Å²) in [5.74, 6) is 0.339. The monoisotopic (exact) mass is 509 g/mol. The average molecular weight is 510 g/mol. The van der Waals surface area contributed by atoms with Crippen LogP contribution in [0.25, 0.3) is 11.8 Å². The molecule has 1 atom stereocenters. The van der Waals surface area contributed by atoms with Gasteiger partial charge in [-0.2, -0.15) is 5.26 Å². The highest BCUT2D eigenvalue weighted by Crippen LogP contribution is 2.25. The van der Waals surface area contributed by atoms with Crippen molar-refractivity contribution >= 4 is 23.6 Å². The molecule has 1 heterocycles. The van der Waals surface area contributed by atoms with Crippen molar-refractivity contribution in [1.82, 2.24) is 9.88 Å². The number of nitrogens with one attached hydrogen (secondary N) is 1. The molecule has 0 aliphatic carbocycles. The molecule has 0 unspecified atom stereocenters. The van der Waals surface area contributed by atoms with Gasteiger partial charge in [-0.05, 0) is 74.4 Å². The first kappa shape index (κ1) is 25.8. The van der Waals surface area contributed by atoms with Crippen molar-refractivity contribution in [2.24, 2.45) is 0 Å². The third-order valence-corrected chi connectivity index (χ3v) is 6.60. The maximum Gasteiger partial charge on any atom is 0.262 e. The smallest absolute Gasteiger partial charge is 0.262 e. The second kappa shape index (κ2) is 11.6. The van der Waals surface area contributed by atoms with E-state index in [4.69, 9.17) is 16.3 Å². The highest BCUT2D eigenvalue weighted by atomic mass is 35.5. The molecule has 3 aromatic carbocycles. The zero-order valence-electron chi connectivity index (χ0n) is 21.0. The number of aryl methyl sites for hydroxylation is 1. The Bertz CT molecular complexity index is 1460. The topological polar surface area (TPSA) is 67.0 Å². The molecule has 0 aliphatic heterocycles. The number of carbonyl (C=O) groups is 1. The number of halogens is 1. The highest BCUT2D eigenvalue weighted by molar-refractivity contribution is 6.31. The number of ether oxygens (including phenoxy) is 1. The molecule has 0 radical (unpaired) electrons. The molecule has 4 rings (SSSR count). The zero-order chi connectivity index (χ0) is 26.4. The number of hydrogen-bond donors (Lipinski definition) is 1. The van der Waals surface area contributed by atoms with Gasteiger partial charge in [-0.25, -0.2) is 0 Å². The molecule has 0 aliphatic rings. The lowest BCUT2D eigenvalue weighted by Gasteiger charge is -2.14. The van der Waals surface area contributed by atoms with Crippen molar-refractivity contribution in [2.45, 2.75) is 33.4 Å². The second-order valence-electron chi connectivity index (χ2n) is 8.81. The lowest BCUT2D eigenvalue weighted by molar-refractivity contribution is -0.117. The fourth-order valence-corrected chi connectivity index (χ4v) is 4.39. The lowest BCUT2D eigenvalue weighted by Crippen LogP contribution is -2.27. The molecule has 1 amide bonds. The Balaban J connectivity index is 1.50. The SMILES string of the molecule is Cc1cc(/C=C(/C#N)C(=O)N[C@H](C)c2ccccc2)c(C)n1-c1ccc(OCc2ccccc2Cl)cc1. The van der Waals surface area contributed by atoms with E-state index in [-0.39, 0.29) is 11.6 Å². The molecule has 1 N–H and O–H groups in total. The molecule has 5 nitrogen and oxygen atoms in total. The summed E-state index contributed by atoms with van der Waals surface area (Å²) in [5.41, 5.74) is 5.66. The fourth-order valence-electron chi connectivity index (χ4n) is 4.20. The van der Waals surface area contributed by atoms with Crippen LogP contribution in [0.4, 0.5) is 0 Å². The van der Waals surface area contributed by atoms with Gasteiger partial charge in [0.25, 0.3) is 5.91 Å². The standard InChI is InChI=1S/C31H28ClN3O2/c1-21-17-26(18-27(19-33)31(36)34-22(2)24-9-5-4-6-10-24)23(3)35(21)28-13-15-29(16-14-28)37-20-25-11-7-8-12-30(25)32/h4-18,22H,20H2,1-3H3,(H,34,36)/b27-18-/t22-/m1/s1. The number of amides is 1. The Labute approximate surface area is 222 Å². The van der Waals surface area contributed by atoms with E-state index < -0.39 is 5.91 Å². The fraction of sp³-hybridized carbons (Fsp3) is 0.161. The van der Waals surface area contributed by atoms with Crippen LogP contribution in [0.5, 0.6) is 5.75 Å². The number of carbonyl (C=O) groups excluding carboxylic acids is 1. The van der Waals surface area contributed by atoms with Crippen LogP contribution in [-0.4, -0.2) is 10.5 Å². The van der Waals surface area contributed by atoms with E-state index in [1.807, 2.05) is 106 Å². The summed E-state index contributed by atoms with van der Waals surface area (Å²) in [6, 6.07) is 28.9. The molecule has 6 heteroatoms. The van der Waals surface area contributed by atoms with E-state index in [1.165, 1.54) is 0 Å². The minimum absolute atomic E-state index is 0.0614. The summed E-state index contributed by atoms with van der Waals surface area (Å²) in [5, 5.41) is 13.3. The Morgan fingerprint density at radius 2 is 1.73 bits per heavy atom. The largest absolute Gasteiger partial charge is 0.489 e. The van der Waals surface area contributed by atoms with E-state index >= 15 is 0 Å². The number of rotatable bonds is 8. The van der Waals surface area contributed by atoms with Crippen LogP contribution >= 0.6 is 11.6 Å². The summed E-state index contributed by atoms with van der Waals surface area (Å²) in [6.45, 7) is 6.25. The van der Waals surface area contributed by atoms with Gasteiger partial charge < -0.3 is 14.6 Å². The summed E-state index contributed by atoms with van der Waals surface area (Å²) in [4.78, 5) is 12.8. The highest BCUT2D eigenvalue weighted by Gasteiger charge is 2.16. The van der Waals surface area contributed by atoms with E-state index in [9.17, 15) is 10.1 Å². The number of aromatic nitrogens is 1. The van der Waals surface area contributed by atoms with Crippen LogP contribution in [0.3, 0.4) is 0 Å². The molecule has 0 spiro atoms. The molecule has 0 saturated heterocycles. The maximum absolute atomic E-state index is 12.8. The minimum Gasteiger partial charge on any atom is -0.489 e. The van der Waals surface area contributed by atoms with Gasteiger partial charge in [0.05, 0.1) is 6.04 Å². The van der Waals surface area contributed by atoms with Crippen molar-refractivity contribution in [1.29, 1.82) is 5.26 Å². The quantitative estimate of drug-likeness (QED) is 0.203. The third-order valence-electron chi connectivity index (χ3n) is 6.23. The molecule has 37 heavy (non-hydrogen) atoms. The van der Waals surface area contributed by atoms with Crippen molar-refractivity contribution in [3.05, 3.63) is 124 Å². The Kier molecular flexibility index (Phi) is 8.12. The third kappa shape index (κ3) is 6.11. The molecule has 1 aromatic heterocycles. The Morgan fingerprint density at radius 1 is 1.05 bits per heavy atom. The van der Waals surface area contributed by atoms with Crippen LogP contribution in [-0.2, 0) is 11.4 Å². The van der Waals surface area contributed by atoms with Crippen LogP contribution in [0.2, 0.25) is 5.02 Å². The predicted octanol–water partition coefficient (Wildman–Crippen LogP) is 7.11. The van der Waals surface area contributed by atoms with Gasteiger partial charge in [0.15, 0.2) is 0 Å². The molecule has 0 bridgehead atoms. The Morgan fingerprint density at radius 3 is 2.41 bits per heavy atom. The molecule has 4 aromatic rings. The zero-order valence-corrected chi connectivity index (χ0v) is 21.8. The van der Waals surface area contributed by atoms with Gasteiger partial charge in [-0.15, -0.1) is 0 Å². The summed E-state index contributed by atoms with van der Waals surface area (Å²) >= 11 is 6.22. The lowest BCUT2D eigenvalue weighted by atomic mass is 10.1. The Hall–Kier alpha value is -4.27. The normalized spacial score (nSPS) is 12.0. The number of benzene rings is 3. The van der Waals surface area contributed by atoms with Gasteiger partial charge in [0.2, 0.25) is 0 Å². The number of nitriles is 1. The molecule has 0 fully saturated rings. The van der Waals surface area contributed by atoms with Gasteiger partial charge in [0.1, 0.15) is 24.0 Å². The van der Waals surface area contributed by atoms with E-state index in [0.717, 1.165) is 39.5 Å². The molecule has 186 valence electrons. The van der Waals surface area contributed by atoms with Crippen LogP contribution in [0.15, 0.2) is 90.5 Å². The van der Waals surface area contributed by atoms with E-state index in [1.54, 1.807) is 6.08 Å². The average Bonchev–Trinajstić information content (AvgIpc) is 3.19. The first-order valence-electron chi connectivity index (χ1n) is 12.0. The second-order valence-corrected chi connectivity index (χ2v) is 9.22. The van der Waals surface area contributed by atoms with Gasteiger partial charge in [-0.1, -0.05) is 60.1 Å². The summed E-state index contributed by atoms with van der Waals surface area (Å²) < 4.78 is 7.99. The van der Waals surface area contributed by atoms with E-state index in [0.29, 0.717) is 11.6 Å².